The van der Waals surface area contributed by atoms with Gasteiger partial charge in [-0.3, -0.25) is 19.3 Å². The summed E-state index contributed by atoms with van der Waals surface area (Å²) in [5.41, 5.74) is 0.774. The number of nitrogens with one attached hydrogen (secondary N) is 1. The SMILES string of the molecule is CC(C)(C)OC=O.O=C1c2ccccc2C(=O)N1CCCCN1CCNCC1. The minimum atomic E-state index is -0.318. The predicted molar refractivity (Wildman–Crippen MR) is 107 cm³/mol. The van der Waals surface area contributed by atoms with Crippen molar-refractivity contribution in [1.82, 2.24) is 15.1 Å². The van der Waals surface area contributed by atoms with E-state index in [1.165, 1.54) is 4.90 Å². The highest BCUT2D eigenvalue weighted by Crippen LogP contribution is 2.22. The normalized spacial score (nSPS) is 17.0. The summed E-state index contributed by atoms with van der Waals surface area (Å²) in [7, 11) is 0. The molecule has 3 rings (SSSR count). The van der Waals surface area contributed by atoms with Crippen LogP contribution in [0.3, 0.4) is 0 Å². The summed E-state index contributed by atoms with van der Waals surface area (Å²) < 4.78 is 4.55. The second kappa shape index (κ2) is 10.3. The topological polar surface area (TPSA) is 79.0 Å². The molecule has 2 aliphatic heterocycles. The number of ether oxygens (including phenoxy) is 1. The Labute approximate surface area is 167 Å². The molecular formula is C21H31N3O4. The monoisotopic (exact) mass is 389 g/mol. The molecule has 0 radical (unpaired) electrons. The molecule has 0 bridgehead atoms. The molecule has 1 saturated heterocycles. The van der Waals surface area contributed by atoms with Gasteiger partial charge in [0.1, 0.15) is 5.60 Å². The van der Waals surface area contributed by atoms with E-state index < -0.39 is 0 Å². The smallest absolute Gasteiger partial charge is 0.293 e. The van der Waals surface area contributed by atoms with Gasteiger partial charge in [0, 0.05) is 32.7 Å². The number of amides is 2. The van der Waals surface area contributed by atoms with Crippen molar-refractivity contribution >= 4 is 18.3 Å². The van der Waals surface area contributed by atoms with E-state index in [1.807, 2.05) is 20.8 Å². The van der Waals surface area contributed by atoms with Crippen LogP contribution in [0.15, 0.2) is 24.3 Å². The molecular weight excluding hydrogens is 358 g/mol. The number of carbonyl (C=O) groups excluding carboxylic acids is 3. The van der Waals surface area contributed by atoms with Gasteiger partial charge in [-0.15, -0.1) is 0 Å². The van der Waals surface area contributed by atoms with Gasteiger partial charge in [-0.1, -0.05) is 12.1 Å². The number of hydrogen-bond donors (Lipinski definition) is 1. The van der Waals surface area contributed by atoms with Crippen molar-refractivity contribution in [3.05, 3.63) is 35.4 Å². The Morgan fingerprint density at radius 3 is 2.00 bits per heavy atom. The maximum absolute atomic E-state index is 12.2. The number of nitrogens with zero attached hydrogens (tertiary/aromatic N) is 2. The highest BCUT2D eigenvalue weighted by molar-refractivity contribution is 6.21. The Hall–Kier alpha value is -2.25. The van der Waals surface area contributed by atoms with E-state index in [-0.39, 0.29) is 17.4 Å². The van der Waals surface area contributed by atoms with Crippen LogP contribution in [-0.2, 0) is 9.53 Å². The van der Waals surface area contributed by atoms with Gasteiger partial charge in [-0.25, -0.2) is 0 Å². The summed E-state index contributed by atoms with van der Waals surface area (Å²) in [5.74, 6) is -0.282. The molecule has 0 aliphatic carbocycles. The van der Waals surface area contributed by atoms with Crippen LogP contribution in [0.2, 0.25) is 0 Å². The molecule has 0 spiro atoms. The zero-order valence-electron chi connectivity index (χ0n) is 17.1. The third-order valence-corrected chi connectivity index (χ3v) is 4.60. The van der Waals surface area contributed by atoms with Crippen molar-refractivity contribution in [1.29, 1.82) is 0 Å². The molecule has 1 N–H and O–H groups in total. The second-order valence-corrected chi connectivity index (χ2v) is 7.93. The largest absolute Gasteiger partial charge is 0.462 e. The molecule has 1 aromatic rings. The lowest BCUT2D eigenvalue weighted by molar-refractivity contribution is -0.138. The highest BCUT2D eigenvalue weighted by Gasteiger charge is 2.34. The molecule has 1 fully saturated rings. The molecule has 2 amide bonds. The average molecular weight is 389 g/mol. The van der Waals surface area contributed by atoms with Gasteiger partial charge in [0.25, 0.3) is 18.3 Å². The highest BCUT2D eigenvalue weighted by atomic mass is 16.5. The Morgan fingerprint density at radius 2 is 1.54 bits per heavy atom. The van der Waals surface area contributed by atoms with E-state index in [2.05, 4.69) is 15.0 Å². The fourth-order valence-corrected chi connectivity index (χ4v) is 3.13. The molecule has 7 nitrogen and oxygen atoms in total. The molecule has 0 atom stereocenters. The van der Waals surface area contributed by atoms with Crippen molar-refractivity contribution in [3.63, 3.8) is 0 Å². The summed E-state index contributed by atoms with van der Waals surface area (Å²) in [6.45, 7) is 11.8. The van der Waals surface area contributed by atoms with E-state index in [1.54, 1.807) is 24.3 Å². The third-order valence-electron chi connectivity index (χ3n) is 4.60. The number of piperazine rings is 1. The number of benzene rings is 1. The molecule has 0 saturated carbocycles. The lowest BCUT2D eigenvalue weighted by atomic mass is 10.1. The van der Waals surface area contributed by atoms with Gasteiger partial charge < -0.3 is 15.0 Å². The van der Waals surface area contributed by atoms with Crippen LogP contribution < -0.4 is 5.32 Å². The van der Waals surface area contributed by atoms with Crippen molar-refractivity contribution in [2.75, 3.05) is 39.3 Å². The van der Waals surface area contributed by atoms with E-state index in [0.29, 0.717) is 24.1 Å². The zero-order chi connectivity index (χ0) is 20.6. The first-order valence-corrected chi connectivity index (χ1v) is 9.83. The Morgan fingerprint density at radius 1 is 1.00 bits per heavy atom. The van der Waals surface area contributed by atoms with Crippen molar-refractivity contribution in [2.24, 2.45) is 0 Å². The predicted octanol–water partition coefficient (Wildman–Crippen LogP) is 1.93. The van der Waals surface area contributed by atoms with Gasteiger partial charge in [0.15, 0.2) is 0 Å². The van der Waals surface area contributed by atoms with Crippen LogP contribution in [0, 0.1) is 0 Å². The summed E-state index contributed by atoms with van der Waals surface area (Å²) in [4.78, 5) is 37.8. The fourth-order valence-electron chi connectivity index (χ4n) is 3.13. The van der Waals surface area contributed by atoms with Crippen LogP contribution >= 0.6 is 0 Å². The van der Waals surface area contributed by atoms with E-state index in [4.69, 9.17) is 0 Å². The number of imide groups is 1. The molecule has 28 heavy (non-hydrogen) atoms. The van der Waals surface area contributed by atoms with Gasteiger partial charge in [0.2, 0.25) is 0 Å². The summed E-state index contributed by atoms with van der Waals surface area (Å²) in [6, 6.07) is 7.07. The minimum absolute atomic E-state index is 0.141. The quantitative estimate of drug-likeness (QED) is 0.455. The average Bonchev–Trinajstić information content (AvgIpc) is 2.90. The van der Waals surface area contributed by atoms with Gasteiger partial charge in [-0.2, -0.15) is 0 Å². The first kappa shape index (κ1) is 22.0. The molecule has 7 heteroatoms. The summed E-state index contributed by atoms with van der Waals surface area (Å²) >= 11 is 0. The molecule has 2 heterocycles. The van der Waals surface area contributed by atoms with Crippen LogP contribution in [0.5, 0.6) is 0 Å². The third kappa shape index (κ3) is 6.42. The number of unbranched alkanes of at least 4 members (excludes halogenated alkanes) is 1. The van der Waals surface area contributed by atoms with Gasteiger partial charge in [0.05, 0.1) is 11.1 Å². The van der Waals surface area contributed by atoms with E-state index in [0.717, 1.165) is 45.6 Å². The van der Waals surface area contributed by atoms with Crippen LogP contribution in [0.4, 0.5) is 0 Å². The van der Waals surface area contributed by atoms with Gasteiger partial charge in [-0.05, 0) is 52.3 Å². The molecule has 154 valence electrons. The van der Waals surface area contributed by atoms with Crippen molar-refractivity contribution in [2.45, 2.75) is 39.2 Å². The van der Waals surface area contributed by atoms with Crippen molar-refractivity contribution < 1.29 is 19.1 Å². The van der Waals surface area contributed by atoms with Crippen LogP contribution in [-0.4, -0.2) is 73.0 Å². The maximum Gasteiger partial charge on any atom is 0.293 e. The minimum Gasteiger partial charge on any atom is -0.462 e. The molecule has 0 aromatic heterocycles. The second-order valence-electron chi connectivity index (χ2n) is 7.93. The fraction of sp³-hybridized carbons (Fsp3) is 0.571. The van der Waals surface area contributed by atoms with Gasteiger partial charge >= 0.3 is 0 Å². The van der Waals surface area contributed by atoms with Crippen LogP contribution in [0.1, 0.15) is 54.3 Å². The molecule has 2 aliphatic rings. The van der Waals surface area contributed by atoms with Crippen molar-refractivity contribution in [3.8, 4) is 0 Å². The van der Waals surface area contributed by atoms with E-state index >= 15 is 0 Å². The number of hydrogen-bond acceptors (Lipinski definition) is 6. The first-order chi connectivity index (χ1) is 13.3. The Bertz CT molecular complexity index is 643. The van der Waals surface area contributed by atoms with Crippen LogP contribution in [0.25, 0.3) is 0 Å². The summed E-state index contributed by atoms with van der Waals surface area (Å²) in [5, 5.41) is 3.33. The Kier molecular flexibility index (Phi) is 8.14. The standard InChI is InChI=1S/C16H21N3O2.C5H10O2/c20-15-13-5-1-2-6-14(13)16(21)19(15)10-4-3-9-18-11-7-17-8-12-18;1-5(2,3)7-4-6/h1-2,5-6,17H,3-4,7-12H2;4H,1-3H3. The Balaban J connectivity index is 0.000000345. The zero-order valence-corrected chi connectivity index (χ0v) is 17.1. The maximum atomic E-state index is 12.2. The lowest BCUT2D eigenvalue weighted by Crippen LogP contribution is -2.43. The molecule has 0 unspecified atom stereocenters. The number of carbonyl (C=O) groups is 3. The molecule has 1 aromatic carbocycles. The lowest BCUT2D eigenvalue weighted by Gasteiger charge is -2.27. The summed E-state index contributed by atoms with van der Waals surface area (Å²) in [6.07, 6.45) is 1.89. The first-order valence-electron chi connectivity index (χ1n) is 9.83. The number of fused-ring (bicyclic) bond motifs is 1. The number of rotatable bonds is 6. The van der Waals surface area contributed by atoms with E-state index in [9.17, 15) is 14.4 Å².